The van der Waals surface area contributed by atoms with E-state index in [9.17, 15) is 9.59 Å². The monoisotopic (exact) mass is 119 g/mol. The van der Waals surface area contributed by atoms with Gasteiger partial charge in [-0.05, 0) is 0 Å². The van der Waals surface area contributed by atoms with E-state index >= 15 is 0 Å². The zero-order valence-corrected chi connectivity index (χ0v) is 4.13. The molecule has 0 unspecified atom stereocenters. The van der Waals surface area contributed by atoms with Crippen molar-refractivity contribution in [3.63, 3.8) is 0 Å². The van der Waals surface area contributed by atoms with Crippen molar-refractivity contribution in [3.8, 4) is 0 Å². The molecule has 0 saturated heterocycles. The van der Waals surface area contributed by atoms with Crippen molar-refractivity contribution in [1.82, 2.24) is 0 Å². The lowest BCUT2D eigenvalue weighted by atomic mass is 10.3. The van der Waals surface area contributed by atoms with Crippen LogP contribution >= 0.6 is 0 Å². The van der Waals surface area contributed by atoms with Crippen LogP contribution in [0.3, 0.4) is 0 Å². The predicted octanol–water partition coefficient (Wildman–Crippen LogP) is 0.0483. The molecule has 4 heteroatoms. The second-order valence-corrected chi connectivity index (χ2v) is 1.29. The molecule has 0 aromatic heterocycles. The van der Waals surface area contributed by atoms with Crippen LogP contribution in [-0.4, -0.2) is 22.2 Å². The number of aliphatic carboxylic acids is 2. The Morgan fingerprint density at radius 1 is 1.12 bits per heavy atom. The van der Waals surface area contributed by atoms with Gasteiger partial charge >= 0.3 is 13.4 Å². The van der Waals surface area contributed by atoms with Crippen LogP contribution in [0.4, 0.5) is 0 Å². The molecule has 0 aromatic rings. The topological polar surface area (TPSA) is 74.6 Å². The molecule has 0 atom stereocenters. The fourth-order valence-electron chi connectivity index (χ4n) is 0.214. The first-order valence-electron chi connectivity index (χ1n) is 2.06. The Balaban J connectivity index is 0. The van der Waals surface area contributed by atoms with E-state index in [1.807, 2.05) is 0 Å². The molecule has 0 heterocycles. The maximum absolute atomic E-state index is 9.64. The zero-order chi connectivity index (χ0) is 6.57. The smallest absolute Gasteiger partial charge is 0.481 e. The Hall–Kier alpha value is -1.06. The minimum absolute atomic E-state index is 0. The Kier molecular flexibility index (Phi) is 2.61. The van der Waals surface area contributed by atoms with Gasteiger partial charge in [-0.2, -0.15) is 0 Å². The number of carboxylic acid groups (broad SMARTS) is 2. The van der Waals surface area contributed by atoms with Gasteiger partial charge < -0.3 is 10.2 Å². The first kappa shape index (κ1) is 6.94. The van der Waals surface area contributed by atoms with Crippen LogP contribution in [0.25, 0.3) is 0 Å². The van der Waals surface area contributed by atoms with Crippen LogP contribution in [0, 0.1) is 0 Å². The third kappa shape index (κ3) is 4.94. The summed E-state index contributed by atoms with van der Waals surface area (Å²) in [4.78, 5) is 19.3. The van der Waals surface area contributed by atoms with Gasteiger partial charge in [-0.3, -0.25) is 9.59 Å². The van der Waals surface area contributed by atoms with Gasteiger partial charge in [-0.25, -0.2) is 0 Å². The molecule has 0 rings (SSSR count). The molecule has 0 saturated carbocycles. The van der Waals surface area contributed by atoms with Crippen molar-refractivity contribution in [1.29, 1.82) is 0 Å². The lowest BCUT2D eigenvalue weighted by Gasteiger charge is -1.85. The Bertz CT molecular complexity index is 97.1. The SMILES string of the molecule is O=C(O)CCC(=O)O.[H+]. The maximum Gasteiger partial charge on any atom is 1.00 e. The van der Waals surface area contributed by atoms with Crippen molar-refractivity contribution >= 4 is 11.9 Å². The fraction of sp³-hybridized carbons (Fsp3) is 0.500. The van der Waals surface area contributed by atoms with Crippen molar-refractivity contribution < 1.29 is 21.2 Å². The van der Waals surface area contributed by atoms with Crippen molar-refractivity contribution in [2.45, 2.75) is 12.8 Å². The van der Waals surface area contributed by atoms with Gasteiger partial charge in [0.1, 0.15) is 0 Å². The van der Waals surface area contributed by atoms with Gasteiger partial charge in [0.25, 0.3) is 0 Å². The lowest BCUT2D eigenvalue weighted by Crippen LogP contribution is -2.00. The highest BCUT2D eigenvalue weighted by molar-refractivity contribution is 5.75. The fourth-order valence-corrected chi connectivity index (χ4v) is 0.214. The predicted molar refractivity (Wildman–Crippen MR) is 25.6 cm³/mol. The van der Waals surface area contributed by atoms with Gasteiger partial charge in [0.2, 0.25) is 0 Å². The number of rotatable bonds is 3. The molecule has 46 valence electrons. The van der Waals surface area contributed by atoms with Crippen LogP contribution < -0.4 is 0 Å². The van der Waals surface area contributed by atoms with Crippen molar-refractivity contribution in [2.24, 2.45) is 0 Å². The first-order valence-corrected chi connectivity index (χ1v) is 2.06. The molecule has 0 aliphatic heterocycles. The summed E-state index contributed by atoms with van der Waals surface area (Å²) in [6, 6.07) is 0. The van der Waals surface area contributed by atoms with E-state index in [1.165, 1.54) is 0 Å². The van der Waals surface area contributed by atoms with Crippen LogP contribution in [0.1, 0.15) is 14.3 Å². The van der Waals surface area contributed by atoms with Crippen LogP contribution in [-0.2, 0) is 9.59 Å². The largest absolute Gasteiger partial charge is 1.00 e. The average molecular weight is 119 g/mol. The zero-order valence-electron chi connectivity index (χ0n) is 5.13. The summed E-state index contributed by atoms with van der Waals surface area (Å²) in [7, 11) is 0. The highest BCUT2D eigenvalue weighted by Crippen LogP contribution is 1.85. The molecule has 0 radical (unpaired) electrons. The summed E-state index contributed by atoms with van der Waals surface area (Å²) < 4.78 is 0. The van der Waals surface area contributed by atoms with Gasteiger partial charge in [0.15, 0.2) is 0 Å². The molecule has 0 aromatic carbocycles. The molecule has 0 spiro atoms. The first-order chi connectivity index (χ1) is 3.63. The normalized spacial score (nSPS) is 8.50. The summed E-state index contributed by atoms with van der Waals surface area (Å²) in [5.74, 6) is -2.15. The standard InChI is InChI=1S/C4H6O4/c5-3(6)1-2-4(7)8/h1-2H2,(H,5,6)(H,7,8)/p+1. The molecule has 0 bridgehead atoms. The quantitative estimate of drug-likeness (QED) is 0.550. The molecule has 0 aliphatic carbocycles. The van der Waals surface area contributed by atoms with Gasteiger partial charge in [0, 0.05) is 0 Å². The average Bonchev–Trinajstić information content (AvgIpc) is 1.61. The van der Waals surface area contributed by atoms with E-state index in [-0.39, 0.29) is 14.3 Å². The molecule has 4 nitrogen and oxygen atoms in total. The highest BCUT2D eigenvalue weighted by atomic mass is 16.4. The Morgan fingerprint density at radius 3 is 1.50 bits per heavy atom. The third-order valence-corrected chi connectivity index (χ3v) is 0.553. The summed E-state index contributed by atoms with van der Waals surface area (Å²) in [6.07, 6.45) is -0.593. The maximum atomic E-state index is 9.64. The van der Waals surface area contributed by atoms with E-state index in [4.69, 9.17) is 10.2 Å². The van der Waals surface area contributed by atoms with Crippen molar-refractivity contribution in [2.75, 3.05) is 0 Å². The van der Waals surface area contributed by atoms with Crippen LogP contribution in [0.15, 0.2) is 0 Å². The van der Waals surface area contributed by atoms with Gasteiger partial charge in [-0.1, -0.05) is 0 Å². The molecular formula is C4H7O4+. The molecule has 0 aliphatic rings. The Labute approximate surface area is 47.2 Å². The van der Waals surface area contributed by atoms with E-state index in [0.717, 1.165) is 0 Å². The molecule has 0 fully saturated rings. The van der Waals surface area contributed by atoms with E-state index in [1.54, 1.807) is 0 Å². The summed E-state index contributed by atoms with van der Waals surface area (Å²) in [5.41, 5.74) is 0. The lowest BCUT2D eigenvalue weighted by molar-refractivity contribution is -0.143. The number of hydrogen-bond donors (Lipinski definition) is 2. The van der Waals surface area contributed by atoms with Crippen LogP contribution in [0.5, 0.6) is 0 Å². The minimum Gasteiger partial charge on any atom is -0.481 e. The van der Waals surface area contributed by atoms with E-state index in [2.05, 4.69) is 0 Å². The minimum atomic E-state index is -1.08. The van der Waals surface area contributed by atoms with Crippen LogP contribution in [0.2, 0.25) is 0 Å². The Morgan fingerprint density at radius 2 is 1.38 bits per heavy atom. The van der Waals surface area contributed by atoms with E-state index in [0.29, 0.717) is 0 Å². The third-order valence-electron chi connectivity index (χ3n) is 0.553. The number of hydrogen-bond acceptors (Lipinski definition) is 2. The summed E-state index contributed by atoms with van der Waals surface area (Å²) in [6.45, 7) is 0. The van der Waals surface area contributed by atoms with Gasteiger partial charge in [0.05, 0.1) is 12.8 Å². The molecule has 2 N–H and O–H groups in total. The molecule has 0 amide bonds. The highest BCUT2D eigenvalue weighted by Gasteiger charge is 2.00. The van der Waals surface area contributed by atoms with Gasteiger partial charge in [-0.15, -0.1) is 0 Å². The summed E-state index contributed by atoms with van der Waals surface area (Å²) in [5, 5.41) is 15.8. The summed E-state index contributed by atoms with van der Waals surface area (Å²) >= 11 is 0. The second-order valence-electron chi connectivity index (χ2n) is 1.29. The van der Waals surface area contributed by atoms with E-state index < -0.39 is 11.9 Å². The number of carbonyl (C=O) groups is 2. The molecule has 8 heavy (non-hydrogen) atoms. The second kappa shape index (κ2) is 3.01. The van der Waals surface area contributed by atoms with Crippen molar-refractivity contribution in [3.05, 3.63) is 0 Å². The number of carboxylic acids is 2. The molecular weight excluding hydrogens is 112 g/mol.